The van der Waals surface area contributed by atoms with Crippen LogP contribution < -0.4 is 4.74 Å². The minimum Gasteiger partial charge on any atom is -0.457 e. The summed E-state index contributed by atoms with van der Waals surface area (Å²) in [6, 6.07) is 11.0. The number of hydrogen-bond donors (Lipinski definition) is 0. The van der Waals surface area contributed by atoms with Crippen LogP contribution in [0, 0.1) is 0 Å². The highest BCUT2D eigenvalue weighted by Gasteiger charge is 2.34. The highest BCUT2D eigenvalue weighted by molar-refractivity contribution is 5.94. The Morgan fingerprint density at radius 2 is 1.75 bits per heavy atom. The van der Waals surface area contributed by atoms with Crippen LogP contribution in [-0.2, 0) is 6.18 Å². The third-order valence-corrected chi connectivity index (χ3v) is 2.66. The van der Waals surface area contributed by atoms with Gasteiger partial charge in [-0.2, -0.15) is 13.2 Å². The molecule has 0 aliphatic rings. The van der Waals surface area contributed by atoms with Gasteiger partial charge in [0.2, 0.25) is 0 Å². The van der Waals surface area contributed by atoms with Crippen molar-refractivity contribution in [3.05, 3.63) is 59.7 Å². The third-order valence-electron chi connectivity index (χ3n) is 2.66. The van der Waals surface area contributed by atoms with Gasteiger partial charge in [0, 0.05) is 5.56 Å². The second-order valence-corrected chi connectivity index (χ2v) is 4.18. The molecule has 104 valence electrons. The number of benzene rings is 2. The predicted molar refractivity (Wildman–Crippen MR) is 68.0 cm³/mol. The number of alkyl halides is 3. The molecule has 20 heavy (non-hydrogen) atoms. The minimum absolute atomic E-state index is 0.181. The number of hydrogen-bond acceptors (Lipinski definition) is 2. The predicted octanol–water partition coefficient (Wildman–Crippen LogP) is 4.70. The summed E-state index contributed by atoms with van der Waals surface area (Å²) in [6.45, 7) is 1.38. The Morgan fingerprint density at radius 3 is 2.40 bits per heavy atom. The topological polar surface area (TPSA) is 26.3 Å². The van der Waals surface area contributed by atoms with Gasteiger partial charge in [0.15, 0.2) is 5.78 Å². The van der Waals surface area contributed by atoms with Gasteiger partial charge < -0.3 is 4.74 Å². The number of ketones is 1. The SMILES string of the molecule is CC(=O)c1cccc(Oc2ccccc2C(F)(F)F)c1. The molecule has 0 heterocycles. The first-order chi connectivity index (χ1) is 9.38. The number of carbonyl (C=O) groups is 1. The van der Waals surface area contributed by atoms with Crippen molar-refractivity contribution in [3.8, 4) is 11.5 Å². The van der Waals surface area contributed by atoms with E-state index >= 15 is 0 Å². The highest BCUT2D eigenvalue weighted by Crippen LogP contribution is 2.37. The highest BCUT2D eigenvalue weighted by atomic mass is 19.4. The monoisotopic (exact) mass is 280 g/mol. The summed E-state index contributed by atoms with van der Waals surface area (Å²) >= 11 is 0. The smallest absolute Gasteiger partial charge is 0.419 e. The van der Waals surface area contributed by atoms with E-state index in [0.717, 1.165) is 6.07 Å². The summed E-state index contributed by atoms with van der Waals surface area (Å²) in [6.07, 6.45) is -4.49. The zero-order valence-electron chi connectivity index (χ0n) is 10.6. The van der Waals surface area contributed by atoms with Crippen LogP contribution in [0.1, 0.15) is 22.8 Å². The van der Waals surface area contributed by atoms with Crippen LogP contribution in [0.15, 0.2) is 48.5 Å². The number of Topliss-reactive ketones (excluding diaryl/α,β-unsaturated/α-hetero) is 1. The molecule has 0 amide bonds. The van der Waals surface area contributed by atoms with Crippen LogP contribution in [0.4, 0.5) is 13.2 Å². The summed E-state index contributed by atoms with van der Waals surface area (Å²) < 4.78 is 43.7. The number of carbonyl (C=O) groups excluding carboxylic acids is 1. The number of halogens is 3. The van der Waals surface area contributed by atoms with Crippen molar-refractivity contribution in [2.75, 3.05) is 0 Å². The second-order valence-electron chi connectivity index (χ2n) is 4.18. The van der Waals surface area contributed by atoms with Crippen molar-refractivity contribution < 1.29 is 22.7 Å². The average molecular weight is 280 g/mol. The van der Waals surface area contributed by atoms with Gasteiger partial charge in [0.25, 0.3) is 0 Å². The van der Waals surface area contributed by atoms with E-state index in [1.807, 2.05) is 0 Å². The van der Waals surface area contributed by atoms with Gasteiger partial charge in [-0.15, -0.1) is 0 Å². The summed E-state index contributed by atoms with van der Waals surface area (Å²) in [4.78, 5) is 11.2. The Labute approximate surface area is 113 Å². The molecule has 0 atom stereocenters. The lowest BCUT2D eigenvalue weighted by molar-refractivity contribution is -0.138. The van der Waals surface area contributed by atoms with Crippen LogP contribution in [0.3, 0.4) is 0 Å². The summed E-state index contributed by atoms with van der Waals surface area (Å²) in [5.74, 6) is -0.283. The van der Waals surface area contributed by atoms with E-state index in [9.17, 15) is 18.0 Å². The van der Waals surface area contributed by atoms with Gasteiger partial charge in [0.1, 0.15) is 11.5 Å². The molecule has 0 N–H and O–H groups in total. The largest absolute Gasteiger partial charge is 0.457 e. The third kappa shape index (κ3) is 3.17. The molecule has 0 saturated heterocycles. The van der Waals surface area contributed by atoms with Gasteiger partial charge in [-0.05, 0) is 31.2 Å². The van der Waals surface area contributed by atoms with Gasteiger partial charge in [0.05, 0.1) is 5.56 Å². The van der Waals surface area contributed by atoms with Crippen LogP contribution in [0.5, 0.6) is 11.5 Å². The Hall–Kier alpha value is -2.30. The summed E-state index contributed by atoms with van der Waals surface area (Å²) in [7, 11) is 0. The van der Waals surface area contributed by atoms with E-state index in [4.69, 9.17) is 4.74 Å². The molecule has 0 spiro atoms. The molecular weight excluding hydrogens is 269 g/mol. The van der Waals surface area contributed by atoms with Gasteiger partial charge in [-0.1, -0.05) is 24.3 Å². The van der Waals surface area contributed by atoms with Gasteiger partial charge in [-0.25, -0.2) is 0 Å². The van der Waals surface area contributed by atoms with Crippen LogP contribution in [0.25, 0.3) is 0 Å². The van der Waals surface area contributed by atoms with Crippen LogP contribution in [-0.4, -0.2) is 5.78 Å². The van der Waals surface area contributed by atoms with Crippen molar-refractivity contribution in [2.24, 2.45) is 0 Å². The lowest BCUT2D eigenvalue weighted by Crippen LogP contribution is -2.06. The summed E-state index contributed by atoms with van der Waals surface area (Å²) in [5.41, 5.74) is -0.472. The Bertz CT molecular complexity index is 633. The van der Waals surface area contributed by atoms with E-state index in [-0.39, 0.29) is 17.3 Å². The molecule has 5 heteroatoms. The fraction of sp³-hybridized carbons (Fsp3) is 0.133. The Kier molecular flexibility index (Phi) is 3.79. The first-order valence-electron chi connectivity index (χ1n) is 5.83. The molecule has 0 aliphatic carbocycles. The minimum atomic E-state index is -4.49. The molecule has 0 saturated carbocycles. The lowest BCUT2D eigenvalue weighted by atomic mass is 10.1. The van der Waals surface area contributed by atoms with Crippen molar-refractivity contribution >= 4 is 5.78 Å². The van der Waals surface area contributed by atoms with Crippen molar-refractivity contribution in [1.82, 2.24) is 0 Å². The van der Waals surface area contributed by atoms with E-state index in [2.05, 4.69) is 0 Å². The number of rotatable bonds is 3. The first kappa shape index (κ1) is 14.1. The summed E-state index contributed by atoms with van der Waals surface area (Å²) in [5, 5.41) is 0. The van der Waals surface area contributed by atoms with Crippen molar-refractivity contribution in [1.29, 1.82) is 0 Å². The maximum absolute atomic E-state index is 12.8. The molecule has 2 aromatic carbocycles. The Balaban J connectivity index is 2.36. The van der Waals surface area contributed by atoms with E-state index in [1.165, 1.54) is 37.3 Å². The fourth-order valence-electron chi connectivity index (χ4n) is 1.70. The second kappa shape index (κ2) is 5.36. The lowest BCUT2D eigenvalue weighted by Gasteiger charge is -2.13. The van der Waals surface area contributed by atoms with E-state index < -0.39 is 11.7 Å². The molecule has 0 bridgehead atoms. The molecule has 0 aromatic heterocycles. The number of ether oxygens (including phenoxy) is 1. The van der Waals surface area contributed by atoms with Gasteiger partial charge >= 0.3 is 6.18 Å². The number of para-hydroxylation sites is 1. The van der Waals surface area contributed by atoms with Gasteiger partial charge in [-0.3, -0.25) is 4.79 Å². The van der Waals surface area contributed by atoms with Crippen molar-refractivity contribution in [2.45, 2.75) is 13.1 Å². The fourth-order valence-corrected chi connectivity index (χ4v) is 1.70. The quantitative estimate of drug-likeness (QED) is 0.762. The van der Waals surface area contributed by atoms with E-state index in [0.29, 0.717) is 5.56 Å². The molecule has 2 rings (SSSR count). The van der Waals surface area contributed by atoms with E-state index in [1.54, 1.807) is 12.1 Å². The standard InChI is InChI=1S/C15H11F3O2/c1-10(19)11-5-4-6-12(9-11)20-14-8-3-2-7-13(14)15(16,17)18/h2-9H,1H3. The Morgan fingerprint density at radius 1 is 1.05 bits per heavy atom. The first-order valence-corrected chi connectivity index (χ1v) is 5.83. The van der Waals surface area contributed by atoms with Crippen LogP contribution in [0.2, 0.25) is 0 Å². The molecule has 2 nitrogen and oxygen atoms in total. The maximum atomic E-state index is 12.8. The van der Waals surface area contributed by atoms with Crippen molar-refractivity contribution in [3.63, 3.8) is 0 Å². The molecule has 2 aromatic rings. The molecule has 0 unspecified atom stereocenters. The average Bonchev–Trinajstić information content (AvgIpc) is 2.38. The zero-order chi connectivity index (χ0) is 14.8. The normalized spacial score (nSPS) is 11.2. The molecule has 0 fully saturated rings. The molecule has 0 radical (unpaired) electrons. The van der Waals surface area contributed by atoms with Crippen LogP contribution >= 0.6 is 0 Å². The maximum Gasteiger partial charge on any atom is 0.419 e. The molecule has 0 aliphatic heterocycles. The zero-order valence-corrected chi connectivity index (χ0v) is 10.6. The molecular formula is C15H11F3O2.